The monoisotopic (exact) mass is 264 g/mol. The van der Waals surface area contributed by atoms with E-state index in [0.717, 1.165) is 30.3 Å². The molecule has 0 radical (unpaired) electrons. The predicted octanol–water partition coefficient (Wildman–Crippen LogP) is 2.69. The molecule has 0 unspecified atom stereocenters. The number of halogens is 2. The quantitative estimate of drug-likeness (QED) is 0.796. The lowest BCUT2D eigenvalue weighted by atomic mass is 10.1. The Balaban J connectivity index is 2.25. The van der Waals surface area contributed by atoms with Crippen molar-refractivity contribution >= 4 is 5.78 Å². The molecule has 1 heterocycles. The van der Waals surface area contributed by atoms with E-state index in [9.17, 15) is 13.6 Å². The van der Waals surface area contributed by atoms with Gasteiger partial charge in [0.25, 0.3) is 0 Å². The first-order valence-corrected chi connectivity index (χ1v) is 6.01. The Morgan fingerprint density at radius 3 is 2.68 bits per heavy atom. The fraction of sp³-hybridized carbons (Fsp3) is 0.286. The van der Waals surface area contributed by atoms with E-state index in [1.165, 1.54) is 4.68 Å². The van der Waals surface area contributed by atoms with Crippen molar-refractivity contribution in [3.63, 3.8) is 0 Å². The topological polar surface area (TPSA) is 34.9 Å². The molecule has 2 rings (SSSR count). The van der Waals surface area contributed by atoms with Gasteiger partial charge in [-0.05, 0) is 36.2 Å². The van der Waals surface area contributed by atoms with Crippen LogP contribution >= 0.6 is 0 Å². The molecule has 2 aromatic rings. The summed E-state index contributed by atoms with van der Waals surface area (Å²) < 4.78 is 28.0. The van der Waals surface area contributed by atoms with E-state index in [1.54, 1.807) is 13.1 Å². The molecule has 0 aliphatic carbocycles. The molecule has 0 spiro atoms. The number of aromatic nitrogens is 2. The van der Waals surface area contributed by atoms with Gasteiger partial charge < -0.3 is 0 Å². The average Bonchev–Trinajstić information content (AvgIpc) is 2.75. The molecular weight excluding hydrogens is 250 g/mol. The molecule has 19 heavy (non-hydrogen) atoms. The molecule has 0 fully saturated rings. The van der Waals surface area contributed by atoms with Crippen LogP contribution in [0.5, 0.6) is 0 Å². The van der Waals surface area contributed by atoms with E-state index in [4.69, 9.17) is 0 Å². The highest BCUT2D eigenvalue weighted by atomic mass is 19.1. The summed E-state index contributed by atoms with van der Waals surface area (Å²) in [5.41, 5.74) is 1.26. The van der Waals surface area contributed by atoms with E-state index in [2.05, 4.69) is 5.10 Å². The summed E-state index contributed by atoms with van der Waals surface area (Å²) in [6, 6.07) is 4.78. The largest absolute Gasteiger partial charge is 0.292 e. The van der Waals surface area contributed by atoms with Crippen LogP contribution in [-0.4, -0.2) is 15.6 Å². The molecule has 1 aromatic carbocycles. The SMILES string of the molecule is CCc1cc(C(=O)Cc2cc(F)ccc2F)n(C)n1. The molecule has 0 aliphatic heterocycles. The maximum Gasteiger partial charge on any atom is 0.185 e. The van der Waals surface area contributed by atoms with Crippen LogP contribution in [0.1, 0.15) is 28.7 Å². The Kier molecular flexibility index (Phi) is 3.74. The molecule has 0 N–H and O–H groups in total. The number of aryl methyl sites for hydroxylation is 2. The van der Waals surface area contributed by atoms with Crippen molar-refractivity contribution < 1.29 is 13.6 Å². The van der Waals surface area contributed by atoms with E-state index < -0.39 is 11.6 Å². The fourth-order valence-electron chi connectivity index (χ4n) is 1.90. The lowest BCUT2D eigenvalue weighted by Gasteiger charge is -2.03. The van der Waals surface area contributed by atoms with Gasteiger partial charge in [0.2, 0.25) is 0 Å². The van der Waals surface area contributed by atoms with Crippen LogP contribution in [0.25, 0.3) is 0 Å². The lowest BCUT2D eigenvalue weighted by molar-refractivity contribution is 0.0983. The second-order valence-electron chi connectivity index (χ2n) is 4.33. The Labute approximate surface area is 109 Å². The van der Waals surface area contributed by atoms with Gasteiger partial charge in [0.05, 0.1) is 5.69 Å². The highest BCUT2D eigenvalue weighted by molar-refractivity contribution is 5.96. The Bertz CT molecular complexity index is 620. The maximum absolute atomic E-state index is 13.5. The number of rotatable bonds is 4. The van der Waals surface area contributed by atoms with Crippen LogP contribution in [0.4, 0.5) is 8.78 Å². The first kappa shape index (κ1) is 13.4. The van der Waals surface area contributed by atoms with Gasteiger partial charge >= 0.3 is 0 Å². The van der Waals surface area contributed by atoms with Crippen LogP contribution in [-0.2, 0) is 19.9 Å². The standard InChI is InChI=1S/C14H14F2N2O/c1-3-11-8-13(18(2)17-11)14(19)7-9-6-10(15)4-5-12(9)16/h4-6,8H,3,7H2,1-2H3. The Morgan fingerprint density at radius 2 is 2.05 bits per heavy atom. The first-order valence-electron chi connectivity index (χ1n) is 6.01. The van der Waals surface area contributed by atoms with E-state index in [-0.39, 0.29) is 17.8 Å². The van der Waals surface area contributed by atoms with Crippen LogP contribution < -0.4 is 0 Å². The van der Waals surface area contributed by atoms with Crippen LogP contribution in [0, 0.1) is 11.6 Å². The van der Waals surface area contributed by atoms with E-state index in [0.29, 0.717) is 5.69 Å². The number of hydrogen-bond donors (Lipinski definition) is 0. The van der Waals surface area contributed by atoms with Gasteiger partial charge in [-0.2, -0.15) is 5.10 Å². The molecule has 100 valence electrons. The minimum Gasteiger partial charge on any atom is -0.292 e. The third-order valence-corrected chi connectivity index (χ3v) is 2.94. The molecule has 0 atom stereocenters. The second-order valence-corrected chi connectivity index (χ2v) is 4.33. The number of hydrogen-bond acceptors (Lipinski definition) is 2. The fourth-order valence-corrected chi connectivity index (χ4v) is 1.90. The molecule has 0 saturated carbocycles. The molecule has 3 nitrogen and oxygen atoms in total. The summed E-state index contributed by atoms with van der Waals surface area (Å²) in [5.74, 6) is -1.41. The van der Waals surface area contributed by atoms with Crippen molar-refractivity contribution in [1.82, 2.24) is 9.78 Å². The number of carbonyl (C=O) groups is 1. The van der Waals surface area contributed by atoms with Crippen molar-refractivity contribution in [2.24, 2.45) is 7.05 Å². The van der Waals surface area contributed by atoms with Gasteiger partial charge in [0.15, 0.2) is 5.78 Å². The maximum atomic E-state index is 13.5. The molecule has 1 aromatic heterocycles. The van der Waals surface area contributed by atoms with Crippen LogP contribution in [0.3, 0.4) is 0 Å². The number of ketones is 1. The summed E-state index contributed by atoms with van der Waals surface area (Å²) in [5, 5.41) is 4.16. The summed E-state index contributed by atoms with van der Waals surface area (Å²) in [6.07, 6.45) is 0.543. The van der Waals surface area contributed by atoms with Gasteiger partial charge in [-0.1, -0.05) is 6.92 Å². The first-order chi connectivity index (χ1) is 9.01. The molecule has 0 bridgehead atoms. The van der Waals surface area contributed by atoms with Gasteiger partial charge in [0.1, 0.15) is 17.3 Å². The van der Waals surface area contributed by atoms with Crippen molar-refractivity contribution in [2.45, 2.75) is 19.8 Å². The highest BCUT2D eigenvalue weighted by Gasteiger charge is 2.15. The van der Waals surface area contributed by atoms with Gasteiger partial charge in [-0.3, -0.25) is 9.48 Å². The van der Waals surface area contributed by atoms with E-state index >= 15 is 0 Å². The molecule has 5 heteroatoms. The van der Waals surface area contributed by atoms with Crippen molar-refractivity contribution in [3.05, 3.63) is 52.9 Å². The summed E-state index contributed by atoms with van der Waals surface area (Å²) in [4.78, 5) is 12.1. The minimum absolute atomic E-state index is 0.0595. The average molecular weight is 264 g/mol. The molecule has 0 amide bonds. The van der Waals surface area contributed by atoms with Crippen molar-refractivity contribution in [1.29, 1.82) is 0 Å². The Hall–Kier alpha value is -2.04. The number of benzene rings is 1. The molecule has 0 saturated heterocycles. The molecular formula is C14H14F2N2O. The number of Topliss-reactive ketones (excluding diaryl/α,β-unsaturated/α-hetero) is 1. The normalized spacial score (nSPS) is 10.7. The van der Waals surface area contributed by atoms with Gasteiger partial charge in [-0.15, -0.1) is 0 Å². The zero-order valence-corrected chi connectivity index (χ0v) is 10.8. The van der Waals surface area contributed by atoms with Crippen molar-refractivity contribution in [3.8, 4) is 0 Å². The summed E-state index contributed by atoms with van der Waals surface area (Å²) >= 11 is 0. The predicted molar refractivity (Wildman–Crippen MR) is 67.0 cm³/mol. The number of nitrogens with zero attached hydrogens (tertiary/aromatic N) is 2. The number of carbonyl (C=O) groups excluding carboxylic acids is 1. The van der Waals surface area contributed by atoms with Crippen molar-refractivity contribution in [2.75, 3.05) is 0 Å². The zero-order chi connectivity index (χ0) is 14.0. The lowest BCUT2D eigenvalue weighted by Crippen LogP contribution is -2.10. The third-order valence-electron chi connectivity index (χ3n) is 2.94. The second kappa shape index (κ2) is 5.30. The minimum atomic E-state index is -0.576. The molecule has 0 aliphatic rings. The van der Waals surface area contributed by atoms with Crippen LogP contribution in [0.2, 0.25) is 0 Å². The summed E-state index contributed by atoms with van der Waals surface area (Å²) in [6.45, 7) is 1.93. The van der Waals surface area contributed by atoms with Crippen LogP contribution in [0.15, 0.2) is 24.3 Å². The Morgan fingerprint density at radius 1 is 1.32 bits per heavy atom. The summed E-state index contributed by atoms with van der Waals surface area (Å²) in [7, 11) is 1.66. The zero-order valence-electron chi connectivity index (χ0n) is 10.8. The van der Waals surface area contributed by atoms with Gasteiger partial charge in [-0.25, -0.2) is 8.78 Å². The highest BCUT2D eigenvalue weighted by Crippen LogP contribution is 2.14. The van der Waals surface area contributed by atoms with Gasteiger partial charge in [0, 0.05) is 13.5 Å². The van der Waals surface area contributed by atoms with E-state index in [1.807, 2.05) is 6.92 Å². The smallest absolute Gasteiger partial charge is 0.185 e. The third kappa shape index (κ3) is 2.86.